The summed E-state index contributed by atoms with van der Waals surface area (Å²) >= 11 is 5.76. The van der Waals surface area contributed by atoms with Gasteiger partial charge in [0.2, 0.25) is 0 Å². The van der Waals surface area contributed by atoms with E-state index in [1.807, 2.05) is 0 Å². The zero-order valence-corrected chi connectivity index (χ0v) is 14.0. The Morgan fingerprint density at radius 3 is 2.58 bits per heavy atom. The molecule has 26 heavy (non-hydrogen) atoms. The lowest BCUT2D eigenvalue weighted by atomic mass is 10.2. The minimum atomic E-state index is -4.79. The highest BCUT2D eigenvalue weighted by Crippen LogP contribution is 2.34. The van der Waals surface area contributed by atoms with E-state index in [9.17, 15) is 18.0 Å². The molecule has 1 aromatic carbocycles. The number of carbonyl (C=O) groups excluding carboxylic acids is 1. The molecule has 3 aromatic rings. The van der Waals surface area contributed by atoms with Gasteiger partial charge in [-0.05, 0) is 31.2 Å². The minimum absolute atomic E-state index is 0.129. The Labute approximate surface area is 150 Å². The molecule has 0 radical (unpaired) electrons. The SMILES string of the molecule is C[C@H](NC(=O)c1cnn(-c2ccc(Cl)cc2)c1C(F)(F)F)c1ncn[nH]1. The van der Waals surface area contributed by atoms with Crippen molar-refractivity contribution in [2.45, 2.75) is 19.1 Å². The average molecular weight is 385 g/mol. The quantitative estimate of drug-likeness (QED) is 0.723. The van der Waals surface area contributed by atoms with Gasteiger partial charge in [-0.1, -0.05) is 11.6 Å². The molecule has 11 heteroatoms. The van der Waals surface area contributed by atoms with Gasteiger partial charge in [0.05, 0.1) is 23.5 Å². The van der Waals surface area contributed by atoms with Gasteiger partial charge in [0.25, 0.3) is 5.91 Å². The molecule has 1 atom stereocenters. The second-order valence-corrected chi connectivity index (χ2v) is 5.80. The van der Waals surface area contributed by atoms with Crippen molar-refractivity contribution < 1.29 is 18.0 Å². The van der Waals surface area contributed by atoms with Crippen LogP contribution in [0.25, 0.3) is 5.69 Å². The van der Waals surface area contributed by atoms with E-state index in [-0.39, 0.29) is 5.69 Å². The molecule has 2 aromatic heterocycles. The zero-order chi connectivity index (χ0) is 18.9. The Bertz CT molecular complexity index is 905. The molecule has 0 aliphatic carbocycles. The highest BCUT2D eigenvalue weighted by Gasteiger charge is 2.40. The van der Waals surface area contributed by atoms with E-state index in [0.29, 0.717) is 15.5 Å². The van der Waals surface area contributed by atoms with Crippen LogP contribution >= 0.6 is 11.6 Å². The second-order valence-electron chi connectivity index (χ2n) is 5.36. The number of nitrogens with one attached hydrogen (secondary N) is 2. The van der Waals surface area contributed by atoms with Gasteiger partial charge < -0.3 is 5.32 Å². The second kappa shape index (κ2) is 6.79. The maximum Gasteiger partial charge on any atom is 0.434 e. The maximum atomic E-state index is 13.6. The van der Waals surface area contributed by atoms with Crippen molar-refractivity contribution >= 4 is 17.5 Å². The van der Waals surface area contributed by atoms with Crippen molar-refractivity contribution in [1.82, 2.24) is 30.3 Å². The molecule has 0 aliphatic heterocycles. The zero-order valence-electron chi connectivity index (χ0n) is 13.3. The number of amides is 1. The van der Waals surface area contributed by atoms with Gasteiger partial charge in [-0.2, -0.15) is 23.4 Å². The summed E-state index contributed by atoms with van der Waals surface area (Å²) in [5.74, 6) is -0.613. The smallest absolute Gasteiger partial charge is 0.342 e. The Balaban J connectivity index is 1.97. The van der Waals surface area contributed by atoms with Gasteiger partial charge in [-0.3, -0.25) is 9.89 Å². The van der Waals surface area contributed by atoms with Crippen molar-refractivity contribution in [2.75, 3.05) is 0 Å². The monoisotopic (exact) mass is 384 g/mol. The van der Waals surface area contributed by atoms with E-state index >= 15 is 0 Å². The highest BCUT2D eigenvalue weighted by atomic mass is 35.5. The molecule has 136 valence electrons. The van der Waals surface area contributed by atoms with E-state index in [1.165, 1.54) is 30.6 Å². The molecule has 0 bridgehead atoms. The first-order valence-electron chi connectivity index (χ1n) is 7.34. The van der Waals surface area contributed by atoms with Crippen LogP contribution < -0.4 is 5.32 Å². The van der Waals surface area contributed by atoms with Gasteiger partial charge in [0.15, 0.2) is 5.69 Å². The summed E-state index contributed by atoms with van der Waals surface area (Å²) in [7, 11) is 0. The third kappa shape index (κ3) is 3.54. The first kappa shape index (κ1) is 17.9. The summed E-state index contributed by atoms with van der Waals surface area (Å²) in [6, 6.07) is 4.96. The Kier molecular flexibility index (Phi) is 4.68. The van der Waals surface area contributed by atoms with Crippen LogP contribution in [0.3, 0.4) is 0 Å². The van der Waals surface area contributed by atoms with Crippen LogP contribution in [0.2, 0.25) is 5.02 Å². The van der Waals surface area contributed by atoms with Crippen LogP contribution in [0.4, 0.5) is 13.2 Å². The van der Waals surface area contributed by atoms with Gasteiger partial charge in [0.1, 0.15) is 12.2 Å². The average Bonchev–Trinajstić information content (AvgIpc) is 3.24. The van der Waals surface area contributed by atoms with Crippen LogP contribution in [0.1, 0.15) is 34.8 Å². The number of aromatic amines is 1. The van der Waals surface area contributed by atoms with Crippen LogP contribution in [0.5, 0.6) is 0 Å². The Hall–Kier alpha value is -2.88. The highest BCUT2D eigenvalue weighted by molar-refractivity contribution is 6.30. The van der Waals surface area contributed by atoms with Gasteiger partial charge >= 0.3 is 6.18 Å². The number of benzene rings is 1. The fraction of sp³-hybridized carbons (Fsp3) is 0.200. The number of hydrogen-bond acceptors (Lipinski definition) is 4. The number of hydrogen-bond donors (Lipinski definition) is 2. The molecule has 0 spiro atoms. The molecular formula is C15H12ClF3N6O. The van der Waals surface area contributed by atoms with Crippen molar-refractivity contribution in [3.63, 3.8) is 0 Å². The fourth-order valence-electron chi connectivity index (χ4n) is 2.33. The van der Waals surface area contributed by atoms with E-state index in [2.05, 4.69) is 25.6 Å². The number of halogens is 4. The summed E-state index contributed by atoms with van der Waals surface area (Å²) in [6.07, 6.45) is -2.68. The first-order chi connectivity index (χ1) is 12.3. The van der Waals surface area contributed by atoms with Crippen molar-refractivity contribution in [3.05, 3.63) is 58.9 Å². The van der Waals surface area contributed by atoms with Crippen molar-refractivity contribution in [2.24, 2.45) is 0 Å². The summed E-state index contributed by atoms with van der Waals surface area (Å²) in [4.78, 5) is 16.2. The van der Waals surface area contributed by atoms with Crippen LogP contribution in [0, 0.1) is 0 Å². The molecule has 0 saturated heterocycles. The van der Waals surface area contributed by atoms with Crippen molar-refractivity contribution in [1.29, 1.82) is 0 Å². The lowest BCUT2D eigenvalue weighted by Crippen LogP contribution is -2.29. The van der Waals surface area contributed by atoms with Crippen LogP contribution in [-0.2, 0) is 6.18 Å². The number of alkyl halides is 3. The molecule has 1 amide bonds. The summed E-state index contributed by atoms with van der Waals surface area (Å²) in [5.41, 5.74) is -1.65. The normalized spacial score (nSPS) is 12.8. The molecule has 0 unspecified atom stereocenters. The van der Waals surface area contributed by atoms with Crippen LogP contribution in [0.15, 0.2) is 36.8 Å². The molecule has 3 rings (SSSR count). The fourth-order valence-corrected chi connectivity index (χ4v) is 2.46. The first-order valence-corrected chi connectivity index (χ1v) is 7.72. The Morgan fingerprint density at radius 1 is 1.31 bits per heavy atom. The summed E-state index contributed by atoms with van der Waals surface area (Å²) in [6.45, 7) is 1.56. The number of nitrogens with zero attached hydrogens (tertiary/aromatic N) is 4. The molecular weight excluding hydrogens is 373 g/mol. The summed E-state index contributed by atoms with van der Waals surface area (Å²) < 4.78 is 41.4. The van der Waals surface area contributed by atoms with Gasteiger partial charge in [-0.15, -0.1) is 0 Å². The largest absolute Gasteiger partial charge is 0.434 e. The number of rotatable bonds is 4. The van der Waals surface area contributed by atoms with Crippen molar-refractivity contribution in [3.8, 4) is 5.69 Å². The molecule has 0 saturated carbocycles. The predicted octanol–water partition coefficient (Wildman–Crippen LogP) is 3.15. The molecule has 0 aliphatic rings. The summed E-state index contributed by atoms with van der Waals surface area (Å²) in [5, 5.41) is 12.7. The maximum absolute atomic E-state index is 13.6. The lowest BCUT2D eigenvalue weighted by molar-refractivity contribution is -0.143. The van der Waals surface area contributed by atoms with E-state index < -0.39 is 29.4 Å². The molecule has 7 nitrogen and oxygen atoms in total. The molecule has 0 fully saturated rings. The van der Waals surface area contributed by atoms with E-state index in [0.717, 1.165) is 6.20 Å². The number of aromatic nitrogens is 5. The van der Waals surface area contributed by atoms with E-state index in [4.69, 9.17) is 11.6 Å². The van der Waals surface area contributed by atoms with Gasteiger partial charge in [0, 0.05) is 5.02 Å². The standard InChI is InChI=1S/C15H12ClF3N6O/c1-8(13-20-7-21-24-13)23-14(26)11-6-22-25(12(11)15(17,18)19)10-4-2-9(16)3-5-10/h2-8H,1H3,(H,23,26)(H,20,21,24)/t8-/m0/s1. The predicted molar refractivity (Wildman–Crippen MR) is 85.8 cm³/mol. The van der Waals surface area contributed by atoms with E-state index in [1.54, 1.807) is 6.92 Å². The molecule has 2 N–H and O–H groups in total. The third-order valence-corrected chi connectivity index (χ3v) is 3.80. The molecule has 2 heterocycles. The van der Waals surface area contributed by atoms with Crippen LogP contribution in [-0.4, -0.2) is 30.9 Å². The topological polar surface area (TPSA) is 88.5 Å². The lowest BCUT2D eigenvalue weighted by Gasteiger charge is -2.14. The Morgan fingerprint density at radius 2 is 2.00 bits per heavy atom. The number of carbonyl (C=O) groups is 1. The minimum Gasteiger partial charge on any atom is -0.342 e. The third-order valence-electron chi connectivity index (χ3n) is 3.54. The number of H-pyrrole nitrogens is 1. The van der Waals surface area contributed by atoms with Gasteiger partial charge in [-0.25, -0.2) is 9.67 Å².